The zero-order valence-electron chi connectivity index (χ0n) is 13.3. The second kappa shape index (κ2) is 7.56. The third-order valence-electron chi connectivity index (χ3n) is 4.82. The SMILES string of the molecule is O=C(CCC1CCCCC1)Nc1cnc(N2CCCC2)nc1. The molecule has 2 aliphatic rings. The molecule has 1 aromatic heterocycles. The molecule has 3 rings (SSSR count). The van der Waals surface area contributed by atoms with Crippen molar-refractivity contribution in [2.45, 2.75) is 57.8 Å². The third kappa shape index (κ3) is 4.18. The molecule has 1 aliphatic carbocycles. The van der Waals surface area contributed by atoms with Gasteiger partial charge in [-0.3, -0.25) is 4.79 Å². The molecule has 0 spiro atoms. The first kappa shape index (κ1) is 15.3. The number of hydrogen-bond donors (Lipinski definition) is 1. The molecule has 0 aromatic carbocycles. The van der Waals surface area contributed by atoms with E-state index in [1.807, 2.05) is 0 Å². The van der Waals surface area contributed by atoms with Crippen LogP contribution >= 0.6 is 0 Å². The smallest absolute Gasteiger partial charge is 0.225 e. The fourth-order valence-electron chi connectivity index (χ4n) is 3.50. The van der Waals surface area contributed by atoms with Crippen LogP contribution in [-0.2, 0) is 4.79 Å². The largest absolute Gasteiger partial charge is 0.341 e. The molecule has 1 aliphatic heterocycles. The Balaban J connectivity index is 1.44. The number of carbonyl (C=O) groups excluding carboxylic acids is 1. The Morgan fingerprint density at radius 1 is 1.09 bits per heavy atom. The molecular weight excluding hydrogens is 276 g/mol. The van der Waals surface area contributed by atoms with Gasteiger partial charge in [-0.05, 0) is 25.2 Å². The van der Waals surface area contributed by atoms with Gasteiger partial charge in [-0.15, -0.1) is 0 Å². The molecular formula is C17H26N4O. The lowest BCUT2D eigenvalue weighted by molar-refractivity contribution is -0.116. The average molecular weight is 302 g/mol. The molecule has 0 radical (unpaired) electrons. The summed E-state index contributed by atoms with van der Waals surface area (Å²) in [6, 6.07) is 0. The van der Waals surface area contributed by atoms with Crippen molar-refractivity contribution in [2.24, 2.45) is 5.92 Å². The van der Waals surface area contributed by atoms with E-state index in [2.05, 4.69) is 20.2 Å². The van der Waals surface area contributed by atoms with E-state index in [0.29, 0.717) is 12.1 Å². The fraction of sp³-hybridized carbons (Fsp3) is 0.706. The summed E-state index contributed by atoms with van der Waals surface area (Å²) in [5.74, 6) is 1.61. The summed E-state index contributed by atoms with van der Waals surface area (Å²) in [5, 5.41) is 2.92. The molecule has 0 unspecified atom stereocenters. The molecule has 1 N–H and O–H groups in total. The molecule has 0 bridgehead atoms. The first-order valence-corrected chi connectivity index (χ1v) is 8.68. The predicted molar refractivity (Wildman–Crippen MR) is 87.9 cm³/mol. The van der Waals surface area contributed by atoms with Crippen LogP contribution in [0.15, 0.2) is 12.4 Å². The number of carbonyl (C=O) groups is 1. The minimum Gasteiger partial charge on any atom is -0.341 e. The van der Waals surface area contributed by atoms with E-state index in [-0.39, 0.29) is 5.91 Å². The normalized spacial score (nSPS) is 19.4. The van der Waals surface area contributed by atoms with Crippen molar-refractivity contribution >= 4 is 17.5 Å². The van der Waals surface area contributed by atoms with E-state index < -0.39 is 0 Å². The van der Waals surface area contributed by atoms with E-state index >= 15 is 0 Å². The van der Waals surface area contributed by atoms with E-state index in [4.69, 9.17) is 0 Å². The summed E-state index contributed by atoms with van der Waals surface area (Å²) < 4.78 is 0. The number of rotatable bonds is 5. The van der Waals surface area contributed by atoms with Gasteiger partial charge in [0.1, 0.15) is 0 Å². The maximum absolute atomic E-state index is 12.0. The van der Waals surface area contributed by atoms with Crippen LogP contribution in [-0.4, -0.2) is 29.0 Å². The molecule has 5 heteroatoms. The van der Waals surface area contributed by atoms with Gasteiger partial charge in [-0.1, -0.05) is 32.1 Å². The van der Waals surface area contributed by atoms with Gasteiger partial charge in [0.2, 0.25) is 11.9 Å². The Kier molecular flexibility index (Phi) is 5.24. The number of aromatic nitrogens is 2. The average Bonchev–Trinajstić information content (AvgIpc) is 3.09. The van der Waals surface area contributed by atoms with Gasteiger partial charge < -0.3 is 10.2 Å². The number of nitrogens with zero attached hydrogens (tertiary/aromatic N) is 3. The second-order valence-electron chi connectivity index (χ2n) is 6.56. The van der Waals surface area contributed by atoms with Crippen LogP contribution in [0.4, 0.5) is 11.6 Å². The molecule has 2 heterocycles. The van der Waals surface area contributed by atoms with Crippen molar-refractivity contribution in [3.05, 3.63) is 12.4 Å². The molecule has 1 aromatic rings. The lowest BCUT2D eigenvalue weighted by Gasteiger charge is -2.21. The molecule has 120 valence electrons. The van der Waals surface area contributed by atoms with Gasteiger partial charge in [0.05, 0.1) is 18.1 Å². The molecule has 5 nitrogen and oxygen atoms in total. The number of amides is 1. The molecule has 1 amide bonds. The summed E-state index contributed by atoms with van der Waals surface area (Å²) in [4.78, 5) is 22.9. The van der Waals surface area contributed by atoms with Crippen molar-refractivity contribution in [1.82, 2.24) is 9.97 Å². The van der Waals surface area contributed by atoms with Gasteiger partial charge in [-0.2, -0.15) is 0 Å². The molecule has 2 fully saturated rings. The predicted octanol–water partition coefficient (Wildman–Crippen LogP) is 3.38. The Bertz CT molecular complexity index is 476. The Morgan fingerprint density at radius 3 is 2.45 bits per heavy atom. The minimum atomic E-state index is 0.0862. The topological polar surface area (TPSA) is 58.1 Å². The monoisotopic (exact) mass is 302 g/mol. The highest BCUT2D eigenvalue weighted by Crippen LogP contribution is 2.27. The first-order chi connectivity index (χ1) is 10.8. The van der Waals surface area contributed by atoms with Crippen molar-refractivity contribution in [3.8, 4) is 0 Å². The summed E-state index contributed by atoms with van der Waals surface area (Å²) in [7, 11) is 0. The van der Waals surface area contributed by atoms with E-state index in [9.17, 15) is 4.79 Å². The molecule has 22 heavy (non-hydrogen) atoms. The third-order valence-corrected chi connectivity index (χ3v) is 4.82. The maximum atomic E-state index is 12.0. The summed E-state index contributed by atoms with van der Waals surface area (Å²) in [6.45, 7) is 2.07. The van der Waals surface area contributed by atoms with Crippen molar-refractivity contribution in [2.75, 3.05) is 23.3 Å². The van der Waals surface area contributed by atoms with Gasteiger partial charge in [0, 0.05) is 19.5 Å². The zero-order chi connectivity index (χ0) is 15.2. The number of anilines is 2. The fourth-order valence-corrected chi connectivity index (χ4v) is 3.50. The lowest BCUT2D eigenvalue weighted by Crippen LogP contribution is -2.20. The van der Waals surface area contributed by atoms with Crippen LogP contribution in [0, 0.1) is 5.92 Å². The Morgan fingerprint density at radius 2 is 1.77 bits per heavy atom. The van der Waals surface area contributed by atoms with Crippen LogP contribution < -0.4 is 10.2 Å². The Labute approximate surface area is 132 Å². The highest BCUT2D eigenvalue weighted by atomic mass is 16.1. The first-order valence-electron chi connectivity index (χ1n) is 8.68. The van der Waals surface area contributed by atoms with Crippen LogP contribution in [0.1, 0.15) is 57.8 Å². The van der Waals surface area contributed by atoms with Gasteiger partial charge >= 0.3 is 0 Å². The van der Waals surface area contributed by atoms with Crippen molar-refractivity contribution in [3.63, 3.8) is 0 Å². The van der Waals surface area contributed by atoms with Crippen molar-refractivity contribution in [1.29, 1.82) is 0 Å². The summed E-state index contributed by atoms with van der Waals surface area (Å²) in [6.07, 6.45) is 14.1. The van der Waals surface area contributed by atoms with Gasteiger partial charge in [0.15, 0.2) is 0 Å². The minimum absolute atomic E-state index is 0.0862. The van der Waals surface area contributed by atoms with E-state index in [1.165, 1.54) is 44.9 Å². The quantitative estimate of drug-likeness (QED) is 0.906. The van der Waals surface area contributed by atoms with Crippen LogP contribution in [0.25, 0.3) is 0 Å². The zero-order valence-corrected chi connectivity index (χ0v) is 13.3. The van der Waals surface area contributed by atoms with Crippen LogP contribution in [0.2, 0.25) is 0 Å². The highest BCUT2D eigenvalue weighted by Gasteiger charge is 2.16. The summed E-state index contributed by atoms with van der Waals surface area (Å²) in [5.41, 5.74) is 0.705. The van der Waals surface area contributed by atoms with E-state index in [1.54, 1.807) is 12.4 Å². The lowest BCUT2D eigenvalue weighted by atomic mass is 9.86. The maximum Gasteiger partial charge on any atom is 0.225 e. The highest BCUT2D eigenvalue weighted by molar-refractivity contribution is 5.90. The van der Waals surface area contributed by atoms with Crippen LogP contribution in [0.3, 0.4) is 0 Å². The second-order valence-corrected chi connectivity index (χ2v) is 6.56. The van der Waals surface area contributed by atoms with Crippen LogP contribution in [0.5, 0.6) is 0 Å². The molecule has 1 saturated carbocycles. The summed E-state index contributed by atoms with van der Waals surface area (Å²) >= 11 is 0. The number of nitrogens with one attached hydrogen (secondary N) is 1. The standard InChI is InChI=1S/C17H26N4O/c22-16(9-8-14-6-2-1-3-7-14)20-15-12-18-17(19-13-15)21-10-4-5-11-21/h12-14H,1-11H2,(H,20,22). The van der Waals surface area contributed by atoms with E-state index in [0.717, 1.165) is 31.4 Å². The molecule has 1 saturated heterocycles. The van der Waals surface area contributed by atoms with Gasteiger partial charge in [0.25, 0.3) is 0 Å². The Hall–Kier alpha value is -1.65. The van der Waals surface area contributed by atoms with Gasteiger partial charge in [-0.25, -0.2) is 9.97 Å². The van der Waals surface area contributed by atoms with Crippen molar-refractivity contribution < 1.29 is 4.79 Å². The molecule has 0 atom stereocenters. The number of hydrogen-bond acceptors (Lipinski definition) is 4.